The van der Waals surface area contributed by atoms with Crippen LogP contribution in [0.4, 0.5) is 0 Å². The van der Waals surface area contributed by atoms with Crippen molar-refractivity contribution in [3.05, 3.63) is 0 Å². The van der Waals surface area contributed by atoms with E-state index < -0.39 is 0 Å². The van der Waals surface area contributed by atoms with Crippen LogP contribution in [0.1, 0.15) is 33.1 Å². The molecule has 0 aromatic rings. The number of nitrogens with zero attached hydrogens (tertiary/aromatic N) is 1. The average Bonchev–Trinajstić information content (AvgIpc) is 2.09. The molecule has 1 amide bonds. The Hall–Kier alpha value is -0.570. The van der Waals surface area contributed by atoms with E-state index in [2.05, 4.69) is 19.2 Å². The van der Waals surface area contributed by atoms with Crippen LogP contribution in [0.2, 0.25) is 0 Å². The maximum atomic E-state index is 12.2. The van der Waals surface area contributed by atoms with E-state index in [-0.39, 0.29) is 5.92 Å². The topological polar surface area (TPSA) is 32.3 Å². The third kappa shape index (κ3) is 2.94. The summed E-state index contributed by atoms with van der Waals surface area (Å²) >= 11 is 0. The lowest BCUT2D eigenvalue weighted by Crippen LogP contribution is -2.47. The molecule has 0 aromatic carbocycles. The first-order chi connectivity index (χ1) is 7.07. The maximum Gasteiger partial charge on any atom is 0.227 e. The molecule has 0 radical (unpaired) electrons. The molecular weight excluding hydrogens is 188 g/mol. The molecular formula is C12H24N2O. The highest BCUT2D eigenvalue weighted by atomic mass is 16.2. The largest absolute Gasteiger partial charge is 0.342 e. The average molecular weight is 212 g/mol. The van der Waals surface area contributed by atoms with Crippen LogP contribution >= 0.6 is 0 Å². The first-order valence-corrected chi connectivity index (χ1v) is 5.99. The van der Waals surface area contributed by atoms with Crippen molar-refractivity contribution in [3.8, 4) is 0 Å². The maximum absolute atomic E-state index is 12.2. The van der Waals surface area contributed by atoms with E-state index in [4.69, 9.17) is 0 Å². The van der Waals surface area contributed by atoms with E-state index in [1.807, 2.05) is 19.0 Å². The van der Waals surface area contributed by atoms with Gasteiger partial charge < -0.3 is 10.2 Å². The van der Waals surface area contributed by atoms with Gasteiger partial charge in [0.1, 0.15) is 0 Å². The Balaban J connectivity index is 2.53. The van der Waals surface area contributed by atoms with Crippen molar-refractivity contribution >= 4 is 5.91 Å². The minimum Gasteiger partial charge on any atom is -0.342 e. The third-order valence-electron chi connectivity index (χ3n) is 3.52. The summed E-state index contributed by atoms with van der Waals surface area (Å²) in [5.74, 6) is 0.845. The van der Waals surface area contributed by atoms with Crippen LogP contribution in [0.5, 0.6) is 0 Å². The fourth-order valence-corrected chi connectivity index (χ4v) is 2.04. The van der Waals surface area contributed by atoms with Gasteiger partial charge in [0.2, 0.25) is 5.91 Å². The highest BCUT2D eigenvalue weighted by Crippen LogP contribution is 2.25. The van der Waals surface area contributed by atoms with E-state index in [0.717, 1.165) is 6.54 Å². The van der Waals surface area contributed by atoms with E-state index in [1.165, 1.54) is 19.3 Å². The predicted octanol–water partition coefficient (Wildman–Crippen LogP) is 1.49. The molecule has 0 spiro atoms. The summed E-state index contributed by atoms with van der Waals surface area (Å²) in [4.78, 5) is 14.2. The van der Waals surface area contributed by atoms with Gasteiger partial charge in [0, 0.05) is 19.6 Å². The van der Waals surface area contributed by atoms with E-state index in [0.29, 0.717) is 17.9 Å². The molecule has 1 aliphatic carbocycles. The van der Waals surface area contributed by atoms with Gasteiger partial charge in [-0.05, 0) is 32.2 Å². The van der Waals surface area contributed by atoms with Gasteiger partial charge in [-0.3, -0.25) is 4.79 Å². The molecule has 1 N–H and O–H groups in total. The standard InChI is InChI=1S/C12H24N2O/c1-9(2)11(8-13-3)12(15)14(4)10-6-5-7-10/h9-11,13H,5-8H2,1-4H3. The fourth-order valence-electron chi connectivity index (χ4n) is 2.04. The van der Waals surface area contributed by atoms with Crippen LogP contribution in [-0.2, 0) is 4.79 Å². The fraction of sp³-hybridized carbons (Fsp3) is 0.917. The molecule has 1 atom stereocenters. The van der Waals surface area contributed by atoms with Gasteiger partial charge in [-0.25, -0.2) is 0 Å². The van der Waals surface area contributed by atoms with Crippen molar-refractivity contribution in [1.29, 1.82) is 0 Å². The monoisotopic (exact) mass is 212 g/mol. The lowest BCUT2D eigenvalue weighted by Gasteiger charge is -2.37. The van der Waals surface area contributed by atoms with Gasteiger partial charge in [0.15, 0.2) is 0 Å². The first kappa shape index (κ1) is 12.5. The van der Waals surface area contributed by atoms with E-state index in [1.54, 1.807) is 0 Å². The smallest absolute Gasteiger partial charge is 0.227 e. The SMILES string of the molecule is CNCC(C(=O)N(C)C1CCC1)C(C)C. The molecule has 1 aliphatic rings. The number of nitrogens with one attached hydrogen (secondary N) is 1. The second kappa shape index (κ2) is 5.50. The summed E-state index contributed by atoms with van der Waals surface area (Å²) in [6.45, 7) is 5.02. The zero-order chi connectivity index (χ0) is 11.4. The predicted molar refractivity (Wildman–Crippen MR) is 62.7 cm³/mol. The summed E-state index contributed by atoms with van der Waals surface area (Å²) in [6, 6.07) is 0.510. The van der Waals surface area contributed by atoms with Crippen molar-refractivity contribution in [2.75, 3.05) is 20.6 Å². The Morgan fingerprint density at radius 2 is 2.07 bits per heavy atom. The molecule has 15 heavy (non-hydrogen) atoms. The van der Waals surface area contributed by atoms with Crippen LogP contribution in [-0.4, -0.2) is 37.5 Å². The molecule has 3 nitrogen and oxygen atoms in total. The molecule has 0 aliphatic heterocycles. The van der Waals surface area contributed by atoms with Crippen LogP contribution in [0, 0.1) is 11.8 Å². The number of hydrogen-bond acceptors (Lipinski definition) is 2. The molecule has 0 heterocycles. The van der Waals surface area contributed by atoms with Crippen LogP contribution in [0.15, 0.2) is 0 Å². The molecule has 1 saturated carbocycles. The molecule has 0 aromatic heterocycles. The van der Waals surface area contributed by atoms with Crippen molar-refractivity contribution in [1.82, 2.24) is 10.2 Å². The lowest BCUT2D eigenvalue weighted by atomic mass is 9.88. The van der Waals surface area contributed by atoms with Gasteiger partial charge in [-0.2, -0.15) is 0 Å². The number of rotatable bonds is 5. The molecule has 0 saturated heterocycles. The molecule has 3 heteroatoms. The van der Waals surface area contributed by atoms with E-state index >= 15 is 0 Å². The highest BCUT2D eigenvalue weighted by molar-refractivity contribution is 5.79. The van der Waals surface area contributed by atoms with Crippen LogP contribution in [0.25, 0.3) is 0 Å². The molecule has 1 unspecified atom stereocenters. The van der Waals surface area contributed by atoms with Gasteiger partial charge >= 0.3 is 0 Å². The van der Waals surface area contributed by atoms with E-state index in [9.17, 15) is 4.79 Å². The summed E-state index contributed by atoms with van der Waals surface area (Å²) < 4.78 is 0. The summed E-state index contributed by atoms with van der Waals surface area (Å²) in [5.41, 5.74) is 0. The summed E-state index contributed by atoms with van der Waals surface area (Å²) in [6.07, 6.45) is 3.65. The van der Waals surface area contributed by atoms with Crippen molar-refractivity contribution in [2.24, 2.45) is 11.8 Å². The Kier molecular flexibility index (Phi) is 4.58. The number of carbonyl (C=O) groups is 1. The Bertz CT molecular complexity index is 212. The molecule has 1 fully saturated rings. The van der Waals surface area contributed by atoms with Crippen molar-refractivity contribution < 1.29 is 4.79 Å². The van der Waals surface area contributed by atoms with Gasteiger partial charge in [0.25, 0.3) is 0 Å². The van der Waals surface area contributed by atoms with Crippen molar-refractivity contribution in [3.63, 3.8) is 0 Å². The Labute approximate surface area is 93.2 Å². The van der Waals surface area contributed by atoms with Gasteiger partial charge in [-0.1, -0.05) is 13.8 Å². The lowest BCUT2D eigenvalue weighted by molar-refractivity contribution is -0.139. The Morgan fingerprint density at radius 1 is 1.47 bits per heavy atom. The first-order valence-electron chi connectivity index (χ1n) is 5.99. The second-order valence-corrected chi connectivity index (χ2v) is 4.94. The number of amides is 1. The second-order valence-electron chi connectivity index (χ2n) is 4.94. The Morgan fingerprint density at radius 3 is 2.40 bits per heavy atom. The zero-order valence-electron chi connectivity index (χ0n) is 10.4. The summed E-state index contributed by atoms with van der Waals surface area (Å²) in [7, 11) is 3.86. The number of carbonyl (C=O) groups excluding carboxylic acids is 1. The van der Waals surface area contributed by atoms with Crippen molar-refractivity contribution in [2.45, 2.75) is 39.2 Å². The highest BCUT2D eigenvalue weighted by Gasteiger charge is 2.31. The quantitative estimate of drug-likeness (QED) is 0.749. The minimum absolute atomic E-state index is 0.126. The molecule has 1 rings (SSSR count). The zero-order valence-corrected chi connectivity index (χ0v) is 10.4. The van der Waals surface area contributed by atoms with Gasteiger partial charge in [-0.15, -0.1) is 0 Å². The van der Waals surface area contributed by atoms with Crippen LogP contribution in [0.3, 0.4) is 0 Å². The van der Waals surface area contributed by atoms with Crippen LogP contribution < -0.4 is 5.32 Å². The molecule has 0 bridgehead atoms. The number of hydrogen-bond donors (Lipinski definition) is 1. The normalized spacial score (nSPS) is 18.7. The minimum atomic E-state index is 0.126. The third-order valence-corrected chi connectivity index (χ3v) is 3.52. The van der Waals surface area contributed by atoms with Gasteiger partial charge in [0.05, 0.1) is 5.92 Å². The summed E-state index contributed by atoms with van der Waals surface area (Å²) in [5, 5.41) is 3.11. The molecule has 88 valence electrons.